The molecule has 2 aromatic rings. The standard InChI is InChI=1S/C12H9N3O5S2/c1-19-12(16)8-4-7(14-22(17,18)15-8)10-2-3-11(21-10)9-5-13-6-20-9/h2-6,15H,1H3. The molecule has 0 saturated carbocycles. The van der Waals surface area contributed by atoms with Crippen LogP contribution in [0.5, 0.6) is 0 Å². The summed E-state index contributed by atoms with van der Waals surface area (Å²) in [4.78, 5) is 16.7. The lowest BCUT2D eigenvalue weighted by Crippen LogP contribution is -2.31. The number of hydrogen-bond donors (Lipinski definition) is 1. The van der Waals surface area contributed by atoms with E-state index >= 15 is 0 Å². The molecular formula is C12H9N3O5S2. The highest BCUT2D eigenvalue weighted by molar-refractivity contribution is 7.88. The quantitative estimate of drug-likeness (QED) is 0.838. The number of methoxy groups -OCH3 is 1. The van der Waals surface area contributed by atoms with E-state index < -0.39 is 16.2 Å². The Morgan fingerprint density at radius 2 is 2.14 bits per heavy atom. The van der Waals surface area contributed by atoms with E-state index in [2.05, 4.69) is 14.1 Å². The monoisotopic (exact) mass is 339 g/mol. The predicted octanol–water partition coefficient (Wildman–Crippen LogP) is 1.10. The Morgan fingerprint density at radius 1 is 1.36 bits per heavy atom. The van der Waals surface area contributed by atoms with Crippen molar-refractivity contribution in [2.24, 2.45) is 4.40 Å². The van der Waals surface area contributed by atoms with Gasteiger partial charge in [-0.25, -0.2) is 9.78 Å². The highest BCUT2D eigenvalue weighted by atomic mass is 32.2. The van der Waals surface area contributed by atoms with Crippen molar-refractivity contribution >= 4 is 33.2 Å². The van der Waals surface area contributed by atoms with Gasteiger partial charge in [-0.05, 0) is 18.2 Å². The Balaban J connectivity index is 2.01. The lowest BCUT2D eigenvalue weighted by Gasteiger charge is -2.12. The Labute approximate surface area is 129 Å². The van der Waals surface area contributed by atoms with Crippen LogP contribution < -0.4 is 4.72 Å². The van der Waals surface area contributed by atoms with E-state index in [9.17, 15) is 13.2 Å². The number of carbonyl (C=O) groups is 1. The van der Waals surface area contributed by atoms with Gasteiger partial charge in [0, 0.05) is 0 Å². The van der Waals surface area contributed by atoms with Gasteiger partial charge in [-0.15, -0.1) is 15.7 Å². The summed E-state index contributed by atoms with van der Waals surface area (Å²) in [5.74, 6) is -0.228. The van der Waals surface area contributed by atoms with Gasteiger partial charge in [-0.3, -0.25) is 4.72 Å². The maximum Gasteiger partial charge on any atom is 0.355 e. The SMILES string of the molecule is COC(=O)C1=CC(c2ccc(-c3cnco3)s2)=NS(=O)(=O)N1. The molecule has 0 unspecified atom stereocenters. The van der Waals surface area contributed by atoms with E-state index in [0.717, 1.165) is 12.0 Å². The topological polar surface area (TPSA) is 111 Å². The second kappa shape index (κ2) is 5.39. The van der Waals surface area contributed by atoms with Gasteiger partial charge in [0.25, 0.3) is 0 Å². The van der Waals surface area contributed by atoms with Gasteiger partial charge in [-0.2, -0.15) is 8.42 Å². The van der Waals surface area contributed by atoms with Gasteiger partial charge in [0.05, 0.1) is 28.8 Å². The van der Waals surface area contributed by atoms with Gasteiger partial charge < -0.3 is 9.15 Å². The highest BCUT2D eigenvalue weighted by Gasteiger charge is 2.24. The number of rotatable bonds is 3. The molecule has 8 nitrogen and oxygen atoms in total. The zero-order valence-electron chi connectivity index (χ0n) is 11.1. The zero-order chi connectivity index (χ0) is 15.7. The summed E-state index contributed by atoms with van der Waals surface area (Å²) in [5.41, 5.74) is -0.0444. The molecule has 1 aliphatic heterocycles. The molecule has 0 aromatic carbocycles. The zero-order valence-corrected chi connectivity index (χ0v) is 12.8. The largest absolute Gasteiger partial charge is 0.464 e. The fourth-order valence-corrected chi connectivity index (χ4v) is 3.61. The van der Waals surface area contributed by atoms with Crippen LogP contribution in [0, 0.1) is 0 Å². The lowest BCUT2D eigenvalue weighted by atomic mass is 10.2. The average molecular weight is 339 g/mol. The molecule has 114 valence electrons. The molecule has 0 amide bonds. The maximum absolute atomic E-state index is 11.7. The van der Waals surface area contributed by atoms with E-state index in [1.54, 1.807) is 18.3 Å². The minimum Gasteiger partial charge on any atom is -0.464 e. The third-order valence-corrected chi connectivity index (χ3v) is 4.71. The van der Waals surface area contributed by atoms with Gasteiger partial charge in [0.1, 0.15) is 5.70 Å². The van der Waals surface area contributed by atoms with Gasteiger partial charge in [0.2, 0.25) is 0 Å². The molecule has 0 bridgehead atoms. The molecular weight excluding hydrogens is 330 g/mol. The Morgan fingerprint density at radius 3 is 2.82 bits per heavy atom. The first-order valence-electron chi connectivity index (χ1n) is 5.90. The molecule has 3 rings (SSSR count). The van der Waals surface area contributed by atoms with Crippen LogP contribution in [0.25, 0.3) is 10.6 Å². The third-order valence-electron chi connectivity index (χ3n) is 2.68. The number of carbonyl (C=O) groups excluding carboxylic acids is 1. The number of ether oxygens (including phenoxy) is 1. The van der Waals surface area contributed by atoms with Crippen molar-refractivity contribution in [3.05, 3.63) is 41.4 Å². The van der Waals surface area contributed by atoms with Crippen molar-refractivity contribution in [2.75, 3.05) is 7.11 Å². The van der Waals surface area contributed by atoms with Crippen molar-refractivity contribution in [2.45, 2.75) is 0 Å². The normalized spacial score (nSPS) is 16.4. The number of thiophene rings is 1. The summed E-state index contributed by atoms with van der Waals surface area (Å²) >= 11 is 1.27. The predicted molar refractivity (Wildman–Crippen MR) is 78.5 cm³/mol. The molecule has 0 spiro atoms. The minimum absolute atomic E-state index is 0.148. The van der Waals surface area contributed by atoms with Gasteiger partial charge in [0.15, 0.2) is 12.2 Å². The molecule has 22 heavy (non-hydrogen) atoms. The summed E-state index contributed by atoms with van der Waals surface area (Å²) in [6, 6.07) is 3.44. The number of nitrogens with one attached hydrogen (secondary N) is 1. The molecule has 0 radical (unpaired) electrons. The summed E-state index contributed by atoms with van der Waals surface area (Å²) in [7, 11) is -2.83. The Hall–Kier alpha value is -2.46. The van der Waals surface area contributed by atoms with E-state index in [-0.39, 0.29) is 11.4 Å². The molecule has 1 aliphatic rings. The van der Waals surface area contributed by atoms with E-state index in [0.29, 0.717) is 10.6 Å². The number of oxazole rings is 1. The fraction of sp³-hybridized carbons (Fsp3) is 0.0833. The fourth-order valence-electron chi connectivity index (χ4n) is 1.76. The van der Waals surface area contributed by atoms with Crippen LogP contribution in [-0.2, 0) is 19.7 Å². The van der Waals surface area contributed by atoms with Crippen LogP contribution in [0.15, 0.2) is 45.3 Å². The Kier molecular flexibility index (Phi) is 3.54. The molecule has 0 atom stereocenters. The number of nitrogens with zero attached hydrogens (tertiary/aromatic N) is 2. The van der Waals surface area contributed by atoms with Crippen LogP contribution in [0.4, 0.5) is 0 Å². The first-order valence-corrected chi connectivity index (χ1v) is 8.16. The molecule has 0 fully saturated rings. The summed E-state index contributed by atoms with van der Waals surface area (Å²) in [6.07, 6.45) is 4.17. The van der Waals surface area contributed by atoms with Crippen molar-refractivity contribution in [3.63, 3.8) is 0 Å². The third kappa shape index (κ3) is 2.78. The highest BCUT2D eigenvalue weighted by Crippen LogP contribution is 2.29. The summed E-state index contributed by atoms with van der Waals surface area (Å²) in [5, 5.41) is 0. The number of esters is 1. The van der Waals surface area contributed by atoms with Crippen molar-refractivity contribution in [1.82, 2.24) is 9.71 Å². The second-order valence-electron chi connectivity index (χ2n) is 4.13. The summed E-state index contributed by atoms with van der Waals surface area (Å²) in [6.45, 7) is 0. The van der Waals surface area contributed by atoms with Crippen LogP contribution in [-0.4, -0.2) is 32.2 Å². The number of aromatic nitrogens is 1. The average Bonchev–Trinajstić information content (AvgIpc) is 3.15. The minimum atomic E-state index is -3.99. The van der Waals surface area contributed by atoms with Crippen molar-refractivity contribution in [3.8, 4) is 10.6 Å². The first kappa shape index (κ1) is 14.5. The van der Waals surface area contributed by atoms with Crippen molar-refractivity contribution in [1.29, 1.82) is 0 Å². The van der Waals surface area contributed by atoms with E-state index in [1.165, 1.54) is 23.8 Å². The molecule has 0 saturated heterocycles. The number of allylic oxidation sites excluding steroid dienone is 1. The lowest BCUT2D eigenvalue weighted by molar-refractivity contribution is -0.136. The second-order valence-corrected chi connectivity index (χ2v) is 6.55. The molecule has 3 heterocycles. The summed E-state index contributed by atoms with van der Waals surface area (Å²) < 4.78 is 38.8. The first-order chi connectivity index (χ1) is 10.5. The van der Waals surface area contributed by atoms with E-state index in [4.69, 9.17) is 4.42 Å². The van der Waals surface area contributed by atoms with Crippen molar-refractivity contribution < 1.29 is 22.4 Å². The molecule has 1 N–H and O–H groups in total. The molecule has 0 aliphatic carbocycles. The van der Waals surface area contributed by atoms with Crippen LogP contribution >= 0.6 is 11.3 Å². The molecule has 10 heteroatoms. The number of hydrogen-bond acceptors (Lipinski definition) is 7. The van der Waals surface area contributed by atoms with Gasteiger partial charge >= 0.3 is 16.2 Å². The smallest absolute Gasteiger partial charge is 0.355 e. The molecule has 2 aromatic heterocycles. The Bertz CT molecular complexity index is 878. The van der Waals surface area contributed by atoms with Gasteiger partial charge in [-0.1, -0.05) is 0 Å². The maximum atomic E-state index is 11.7. The van der Waals surface area contributed by atoms with Crippen LogP contribution in [0.1, 0.15) is 4.88 Å². The van der Waals surface area contributed by atoms with Crippen LogP contribution in [0.3, 0.4) is 0 Å². The van der Waals surface area contributed by atoms with Crippen LogP contribution in [0.2, 0.25) is 0 Å². The van der Waals surface area contributed by atoms with E-state index in [1.807, 2.05) is 4.72 Å².